The van der Waals surface area contributed by atoms with Gasteiger partial charge in [0.25, 0.3) is 0 Å². The molecule has 1 saturated heterocycles. The van der Waals surface area contributed by atoms with E-state index in [0.29, 0.717) is 12.0 Å². The number of amides is 2. The Morgan fingerprint density at radius 1 is 1.05 bits per heavy atom. The number of hydrogen-bond donors (Lipinski definition) is 2. The second kappa shape index (κ2) is 5.62. The first-order chi connectivity index (χ1) is 9.66. The lowest BCUT2D eigenvalue weighted by atomic mass is 9.96. The summed E-state index contributed by atoms with van der Waals surface area (Å²) in [6.45, 7) is 0.782. The van der Waals surface area contributed by atoms with Gasteiger partial charge in [0.05, 0.1) is 0 Å². The topological polar surface area (TPSA) is 69.6 Å². The fourth-order valence-electron chi connectivity index (χ4n) is 3.90. The van der Waals surface area contributed by atoms with E-state index in [4.69, 9.17) is 0 Å². The molecule has 0 radical (unpaired) electrons. The van der Waals surface area contributed by atoms with Gasteiger partial charge in [0.2, 0.25) is 0 Å². The highest BCUT2D eigenvalue weighted by Crippen LogP contribution is 2.36. The van der Waals surface area contributed by atoms with E-state index in [1.165, 1.54) is 25.7 Å². The molecule has 3 rings (SSSR count). The first kappa shape index (κ1) is 13.7. The third kappa shape index (κ3) is 2.76. The number of hydrogen-bond acceptors (Lipinski definition) is 2. The molecular weight excluding hydrogens is 256 g/mol. The van der Waals surface area contributed by atoms with Crippen LogP contribution in [0.25, 0.3) is 0 Å². The van der Waals surface area contributed by atoms with Crippen LogP contribution in [-0.2, 0) is 4.79 Å². The third-order valence-corrected chi connectivity index (χ3v) is 5.14. The maximum absolute atomic E-state index is 12.4. The van der Waals surface area contributed by atoms with E-state index in [9.17, 15) is 14.7 Å². The molecule has 1 heterocycles. The summed E-state index contributed by atoms with van der Waals surface area (Å²) in [5.74, 6) is -0.117. The van der Waals surface area contributed by atoms with Crippen LogP contribution in [0, 0.1) is 11.8 Å². The SMILES string of the molecule is O=C(O)C(NC(=O)N1CCCC1C1CCCC1)C1CC1. The smallest absolute Gasteiger partial charge is 0.326 e. The standard InChI is InChI=1S/C15H24N2O3/c18-14(19)13(11-7-8-11)16-15(20)17-9-3-6-12(17)10-4-1-2-5-10/h10-13H,1-9H2,(H,16,20)(H,18,19). The fraction of sp³-hybridized carbons (Fsp3) is 0.867. The molecule has 5 nitrogen and oxygen atoms in total. The van der Waals surface area contributed by atoms with Crippen LogP contribution in [0.4, 0.5) is 4.79 Å². The fourth-order valence-corrected chi connectivity index (χ4v) is 3.90. The van der Waals surface area contributed by atoms with Crippen molar-refractivity contribution in [3.05, 3.63) is 0 Å². The van der Waals surface area contributed by atoms with Crippen molar-refractivity contribution in [2.24, 2.45) is 11.8 Å². The minimum atomic E-state index is -0.891. The lowest BCUT2D eigenvalue weighted by Gasteiger charge is -2.30. The van der Waals surface area contributed by atoms with Gasteiger partial charge in [-0.05, 0) is 50.4 Å². The molecule has 2 saturated carbocycles. The van der Waals surface area contributed by atoms with E-state index < -0.39 is 12.0 Å². The van der Waals surface area contributed by atoms with Crippen LogP contribution in [0.5, 0.6) is 0 Å². The Labute approximate surface area is 119 Å². The summed E-state index contributed by atoms with van der Waals surface area (Å²) in [6.07, 6.45) is 8.97. The number of rotatable bonds is 4. The molecule has 20 heavy (non-hydrogen) atoms. The Morgan fingerprint density at radius 3 is 2.35 bits per heavy atom. The molecule has 2 unspecified atom stereocenters. The zero-order valence-corrected chi connectivity index (χ0v) is 11.9. The van der Waals surface area contributed by atoms with Crippen LogP contribution in [0.1, 0.15) is 51.4 Å². The van der Waals surface area contributed by atoms with E-state index in [1.807, 2.05) is 4.90 Å². The van der Waals surface area contributed by atoms with E-state index in [1.54, 1.807) is 0 Å². The van der Waals surface area contributed by atoms with Gasteiger partial charge in [0.15, 0.2) is 0 Å². The summed E-state index contributed by atoms with van der Waals surface area (Å²) in [7, 11) is 0. The number of likely N-dealkylation sites (tertiary alicyclic amines) is 1. The molecule has 5 heteroatoms. The molecule has 2 atom stereocenters. The second-order valence-corrected chi connectivity index (χ2v) is 6.55. The van der Waals surface area contributed by atoms with Crippen molar-refractivity contribution in [1.29, 1.82) is 0 Å². The van der Waals surface area contributed by atoms with Crippen molar-refractivity contribution in [1.82, 2.24) is 10.2 Å². The van der Waals surface area contributed by atoms with Gasteiger partial charge in [-0.15, -0.1) is 0 Å². The zero-order valence-electron chi connectivity index (χ0n) is 11.9. The van der Waals surface area contributed by atoms with Gasteiger partial charge < -0.3 is 15.3 Å². The molecule has 2 amide bonds. The highest BCUT2D eigenvalue weighted by molar-refractivity contribution is 5.83. The van der Waals surface area contributed by atoms with Gasteiger partial charge >= 0.3 is 12.0 Å². The third-order valence-electron chi connectivity index (χ3n) is 5.14. The van der Waals surface area contributed by atoms with Gasteiger partial charge in [0.1, 0.15) is 6.04 Å². The molecule has 0 aromatic heterocycles. The average Bonchev–Trinajstić information content (AvgIpc) is 2.94. The Kier molecular flexibility index (Phi) is 3.85. The summed E-state index contributed by atoms with van der Waals surface area (Å²) in [5, 5.41) is 12.0. The highest BCUT2D eigenvalue weighted by atomic mass is 16.4. The highest BCUT2D eigenvalue weighted by Gasteiger charge is 2.41. The summed E-state index contributed by atoms with van der Waals surface area (Å²) >= 11 is 0. The lowest BCUT2D eigenvalue weighted by molar-refractivity contribution is -0.139. The molecule has 1 aliphatic heterocycles. The molecule has 0 aromatic carbocycles. The maximum atomic E-state index is 12.4. The number of carbonyl (C=O) groups is 2. The van der Waals surface area contributed by atoms with Crippen LogP contribution in [0.3, 0.4) is 0 Å². The molecule has 3 aliphatic rings. The first-order valence-corrected chi connectivity index (χ1v) is 7.97. The normalized spacial score (nSPS) is 28.6. The summed E-state index contributed by atoms with van der Waals surface area (Å²) in [5.41, 5.74) is 0. The van der Waals surface area contributed by atoms with Crippen LogP contribution >= 0.6 is 0 Å². The number of aliphatic carboxylic acids is 1. The predicted molar refractivity (Wildman–Crippen MR) is 74.4 cm³/mol. The van der Waals surface area contributed by atoms with Crippen LogP contribution in [0.15, 0.2) is 0 Å². The summed E-state index contributed by atoms with van der Waals surface area (Å²) < 4.78 is 0. The number of nitrogens with zero attached hydrogens (tertiary/aromatic N) is 1. The van der Waals surface area contributed by atoms with Gasteiger partial charge in [-0.2, -0.15) is 0 Å². The molecule has 112 valence electrons. The molecule has 0 aromatic rings. The summed E-state index contributed by atoms with van der Waals surface area (Å²) in [6, 6.07) is -0.503. The van der Waals surface area contributed by atoms with Crippen molar-refractivity contribution in [2.75, 3.05) is 6.54 Å². The lowest BCUT2D eigenvalue weighted by Crippen LogP contribution is -2.51. The minimum Gasteiger partial charge on any atom is -0.480 e. The monoisotopic (exact) mass is 280 g/mol. The van der Waals surface area contributed by atoms with Gasteiger partial charge in [0, 0.05) is 12.6 Å². The maximum Gasteiger partial charge on any atom is 0.326 e. The van der Waals surface area contributed by atoms with Crippen molar-refractivity contribution < 1.29 is 14.7 Å². The molecule has 2 N–H and O–H groups in total. The molecule has 0 spiro atoms. The largest absolute Gasteiger partial charge is 0.480 e. The van der Waals surface area contributed by atoms with Crippen molar-refractivity contribution >= 4 is 12.0 Å². The Hall–Kier alpha value is -1.26. The van der Waals surface area contributed by atoms with Gasteiger partial charge in [-0.3, -0.25) is 0 Å². The van der Waals surface area contributed by atoms with Crippen molar-refractivity contribution in [3.8, 4) is 0 Å². The molecule has 0 bridgehead atoms. The van der Waals surface area contributed by atoms with Crippen molar-refractivity contribution in [3.63, 3.8) is 0 Å². The number of nitrogens with one attached hydrogen (secondary N) is 1. The van der Waals surface area contributed by atoms with E-state index >= 15 is 0 Å². The second-order valence-electron chi connectivity index (χ2n) is 6.55. The molecule has 3 fully saturated rings. The van der Waals surface area contributed by atoms with E-state index in [0.717, 1.165) is 32.2 Å². The average molecular weight is 280 g/mol. The Morgan fingerprint density at radius 2 is 1.75 bits per heavy atom. The van der Waals surface area contributed by atoms with Crippen LogP contribution in [0.2, 0.25) is 0 Å². The van der Waals surface area contributed by atoms with Gasteiger partial charge in [-0.1, -0.05) is 12.8 Å². The van der Waals surface area contributed by atoms with E-state index in [-0.39, 0.29) is 11.9 Å². The molecular formula is C15H24N2O3. The Bertz CT molecular complexity index is 389. The zero-order chi connectivity index (χ0) is 14.1. The van der Waals surface area contributed by atoms with Crippen molar-refractivity contribution in [2.45, 2.75) is 63.5 Å². The number of carboxylic acid groups (broad SMARTS) is 1. The minimum absolute atomic E-state index is 0.143. The van der Waals surface area contributed by atoms with Crippen LogP contribution in [-0.4, -0.2) is 40.6 Å². The Balaban J connectivity index is 1.61. The van der Waals surface area contributed by atoms with Crippen LogP contribution < -0.4 is 5.32 Å². The summed E-state index contributed by atoms with van der Waals surface area (Å²) in [4.78, 5) is 25.6. The number of carboxylic acids is 1. The first-order valence-electron chi connectivity index (χ1n) is 7.97. The van der Waals surface area contributed by atoms with Gasteiger partial charge in [-0.25, -0.2) is 9.59 Å². The number of urea groups is 1. The number of carbonyl (C=O) groups excluding carboxylic acids is 1. The van der Waals surface area contributed by atoms with E-state index in [2.05, 4.69) is 5.32 Å². The predicted octanol–water partition coefficient (Wildman–Crippen LogP) is 2.21. The quantitative estimate of drug-likeness (QED) is 0.829. The molecule has 2 aliphatic carbocycles.